The zero-order valence-corrected chi connectivity index (χ0v) is 17.3. The van der Waals surface area contributed by atoms with E-state index in [-0.39, 0.29) is 11.5 Å². The fourth-order valence-electron chi connectivity index (χ4n) is 3.09. The van der Waals surface area contributed by atoms with E-state index < -0.39 is 0 Å². The van der Waals surface area contributed by atoms with Crippen LogP contribution in [0.4, 0.5) is 0 Å². The number of carbonyl (C=O) groups excluding carboxylic acids is 1. The van der Waals surface area contributed by atoms with Gasteiger partial charge in [-0.15, -0.1) is 0 Å². The van der Waals surface area contributed by atoms with Gasteiger partial charge in [0.25, 0.3) is 11.5 Å². The van der Waals surface area contributed by atoms with Gasteiger partial charge in [-0.25, -0.2) is 4.98 Å². The Morgan fingerprint density at radius 2 is 1.69 bits per heavy atom. The molecule has 4 aromatic rings. The van der Waals surface area contributed by atoms with Crippen molar-refractivity contribution in [1.29, 1.82) is 0 Å². The third kappa shape index (κ3) is 3.84. The fourth-order valence-corrected chi connectivity index (χ4v) is 3.35. The lowest BCUT2D eigenvalue weighted by atomic mass is 10.1. The second-order valence-corrected chi connectivity index (χ2v) is 7.51. The Kier molecular flexibility index (Phi) is 5.27. The molecule has 0 spiro atoms. The zero-order valence-electron chi connectivity index (χ0n) is 15.7. The van der Waals surface area contributed by atoms with E-state index in [9.17, 15) is 9.59 Å². The van der Waals surface area contributed by atoms with Crippen LogP contribution in [0.1, 0.15) is 22.8 Å². The summed E-state index contributed by atoms with van der Waals surface area (Å²) in [5.41, 5.74) is 5.32. The average Bonchev–Trinajstić information content (AvgIpc) is 2.76. The fraction of sp³-hybridized carbons (Fsp3) is 0.0870. The molecule has 1 N–H and O–H groups in total. The highest BCUT2D eigenvalue weighted by molar-refractivity contribution is 9.10. The molecular weight excluding hydrogens is 430 g/mol. The number of hydrogen-bond acceptors (Lipinski definition) is 3. The first-order valence-electron chi connectivity index (χ1n) is 9.25. The van der Waals surface area contributed by atoms with E-state index in [2.05, 4.69) is 33.3 Å². The first-order chi connectivity index (χ1) is 14.1. The van der Waals surface area contributed by atoms with Crippen LogP contribution in [-0.4, -0.2) is 15.6 Å². The van der Waals surface area contributed by atoms with Gasteiger partial charge in [0, 0.05) is 15.6 Å². The Morgan fingerprint density at radius 1 is 1.00 bits per heavy atom. The summed E-state index contributed by atoms with van der Waals surface area (Å²) in [6.45, 7) is 2.06. The number of hydrogen-bond donors (Lipinski definition) is 1. The molecule has 1 heterocycles. The predicted molar refractivity (Wildman–Crippen MR) is 119 cm³/mol. The molecule has 0 atom stereocenters. The third-order valence-corrected chi connectivity index (χ3v) is 5.24. The number of aromatic nitrogens is 2. The summed E-state index contributed by atoms with van der Waals surface area (Å²) in [6, 6.07) is 21.9. The number of benzene rings is 3. The van der Waals surface area contributed by atoms with Gasteiger partial charge >= 0.3 is 0 Å². The molecule has 0 aliphatic rings. The van der Waals surface area contributed by atoms with Gasteiger partial charge < -0.3 is 0 Å². The molecule has 144 valence electrons. The summed E-state index contributed by atoms with van der Waals surface area (Å²) >= 11 is 3.41. The summed E-state index contributed by atoms with van der Waals surface area (Å²) < 4.78 is 2.14. The maximum Gasteiger partial charge on any atom is 0.280 e. The number of fused-ring (bicyclic) bond motifs is 1. The average molecular weight is 448 g/mol. The minimum Gasteiger partial charge on any atom is -0.267 e. The predicted octanol–water partition coefficient (Wildman–Crippen LogP) is 4.77. The van der Waals surface area contributed by atoms with Gasteiger partial charge in [0.15, 0.2) is 5.82 Å². The van der Waals surface area contributed by atoms with E-state index in [1.54, 1.807) is 30.3 Å². The summed E-state index contributed by atoms with van der Waals surface area (Å²) in [5, 5.41) is 0.440. The molecule has 0 radical (unpaired) electrons. The van der Waals surface area contributed by atoms with E-state index in [0.29, 0.717) is 22.3 Å². The van der Waals surface area contributed by atoms with Gasteiger partial charge in [-0.3, -0.25) is 15.0 Å². The summed E-state index contributed by atoms with van der Waals surface area (Å²) in [4.78, 5) is 30.6. The van der Waals surface area contributed by atoms with Crippen LogP contribution in [0.2, 0.25) is 0 Å². The van der Waals surface area contributed by atoms with Crippen molar-refractivity contribution in [3.8, 4) is 11.4 Å². The molecule has 0 saturated heterocycles. The minimum absolute atomic E-state index is 0.327. The lowest BCUT2D eigenvalue weighted by Crippen LogP contribution is -2.35. The second kappa shape index (κ2) is 8.01. The van der Waals surface area contributed by atoms with Gasteiger partial charge in [-0.1, -0.05) is 59.3 Å². The second-order valence-electron chi connectivity index (χ2n) is 6.59. The molecule has 4 rings (SSSR count). The molecule has 0 unspecified atom stereocenters. The molecule has 3 aromatic carbocycles. The van der Waals surface area contributed by atoms with Gasteiger partial charge in [0.05, 0.1) is 10.9 Å². The summed E-state index contributed by atoms with van der Waals surface area (Å²) in [6.07, 6.45) is 0.893. The molecule has 0 bridgehead atoms. The normalized spacial score (nSPS) is 10.8. The SMILES string of the molecule is CCc1ccc(C(=O)Nn2c(-c3ccc(Br)cc3)nc3ccccc3c2=O)cc1. The Hall–Kier alpha value is -3.25. The van der Waals surface area contributed by atoms with Gasteiger partial charge in [-0.2, -0.15) is 4.68 Å². The summed E-state index contributed by atoms with van der Waals surface area (Å²) in [7, 11) is 0. The maximum absolute atomic E-state index is 13.2. The largest absolute Gasteiger partial charge is 0.280 e. The van der Waals surface area contributed by atoms with Crippen molar-refractivity contribution in [3.63, 3.8) is 0 Å². The maximum atomic E-state index is 13.2. The molecule has 0 aliphatic carbocycles. The minimum atomic E-state index is -0.370. The van der Waals surface area contributed by atoms with Crippen molar-refractivity contribution in [2.24, 2.45) is 0 Å². The van der Waals surface area contributed by atoms with Crippen molar-refractivity contribution < 1.29 is 4.79 Å². The van der Waals surface area contributed by atoms with Crippen molar-refractivity contribution in [3.05, 3.63) is 98.7 Å². The highest BCUT2D eigenvalue weighted by Crippen LogP contribution is 2.21. The van der Waals surface area contributed by atoms with E-state index in [4.69, 9.17) is 0 Å². The molecule has 0 saturated carbocycles. The molecule has 0 fully saturated rings. The molecule has 29 heavy (non-hydrogen) atoms. The van der Waals surface area contributed by atoms with E-state index in [1.807, 2.05) is 42.5 Å². The van der Waals surface area contributed by atoms with E-state index in [1.165, 1.54) is 4.68 Å². The smallest absolute Gasteiger partial charge is 0.267 e. The van der Waals surface area contributed by atoms with Crippen molar-refractivity contribution >= 4 is 32.7 Å². The first kappa shape index (κ1) is 19.1. The van der Waals surface area contributed by atoms with Crippen LogP contribution in [0, 0.1) is 0 Å². The number of carbonyl (C=O) groups is 1. The van der Waals surface area contributed by atoms with Crippen LogP contribution >= 0.6 is 15.9 Å². The quantitative estimate of drug-likeness (QED) is 0.489. The molecular formula is C23H18BrN3O2. The lowest BCUT2D eigenvalue weighted by molar-refractivity contribution is 0.101. The number of amides is 1. The first-order valence-corrected chi connectivity index (χ1v) is 10.0. The Morgan fingerprint density at radius 3 is 2.38 bits per heavy atom. The Bertz CT molecular complexity index is 1250. The molecule has 1 aromatic heterocycles. The molecule has 0 aliphatic heterocycles. The van der Waals surface area contributed by atoms with Crippen LogP contribution in [0.15, 0.2) is 82.1 Å². The van der Waals surface area contributed by atoms with Gasteiger partial charge in [0.2, 0.25) is 0 Å². The van der Waals surface area contributed by atoms with Crippen LogP contribution in [0.5, 0.6) is 0 Å². The van der Waals surface area contributed by atoms with Crippen LogP contribution in [-0.2, 0) is 6.42 Å². The van der Waals surface area contributed by atoms with Crippen LogP contribution in [0.3, 0.4) is 0 Å². The Balaban J connectivity index is 1.83. The third-order valence-electron chi connectivity index (χ3n) is 4.72. The highest BCUT2D eigenvalue weighted by Gasteiger charge is 2.16. The standard InChI is InChI=1S/C23H18BrN3O2/c1-2-15-7-9-17(10-8-15)22(28)26-27-21(16-11-13-18(24)14-12-16)25-20-6-4-3-5-19(20)23(27)29/h3-14H,2H2,1H3,(H,26,28). The van der Waals surface area contributed by atoms with Crippen molar-refractivity contribution in [1.82, 2.24) is 9.66 Å². The topological polar surface area (TPSA) is 64.0 Å². The van der Waals surface area contributed by atoms with E-state index >= 15 is 0 Å². The number of para-hydroxylation sites is 1. The van der Waals surface area contributed by atoms with Crippen molar-refractivity contribution in [2.75, 3.05) is 5.43 Å². The number of nitrogens with zero attached hydrogens (tertiary/aromatic N) is 2. The number of aryl methyl sites for hydroxylation is 1. The van der Waals surface area contributed by atoms with Crippen LogP contribution < -0.4 is 11.0 Å². The lowest BCUT2D eigenvalue weighted by Gasteiger charge is -2.15. The van der Waals surface area contributed by atoms with Gasteiger partial charge in [-0.05, 0) is 48.4 Å². The van der Waals surface area contributed by atoms with Gasteiger partial charge in [0.1, 0.15) is 0 Å². The molecule has 1 amide bonds. The monoisotopic (exact) mass is 447 g/mol. The number of nitrogens with one attached hydrogen (secondary N) is 1. The zero-order chi connectivity index (χ0) is 20.4. The van der Waals surface area contributed by atoms with E-state index in [0.717, 1.165) is 22.0 Å². The molecule has 5 nitrogen and oxygen atoms in total. The highest BCUT2D eigenvalue weighted by atomic mass is 79.9. The van der Waals surface area contributed by atoms with Crippen molar-refractivity contribution in [2.45, 2.75) is 13.3 Å². The van der Waals surface area contributed by atoms with Crippen LogP contribution in [0.25, 0.3) is 22.3 Å². The summed E-state index contributed by atoms with van der Waals surface area (Å²) in [5.74, 6) is 0.00456. The molecule has 6 heteroatoms. The number of rotatable bonds is 4. The number of halogens is 1. The Labute approximate surface area is 176 Å².